The fourth-order valence-corrected chi connectivity index (χ4v) is 2.45. The van der Waals surface area contributed by atoms with Crippen molar-refractivity contribution in [2.75, 3.05) is 5.32 Å². The quantitative estimate of drug-likeness (QED) is 0.770. The van der Waals surface area contributed by atoms with Crippen LogP contribution in [0.3, 0.4) is 0 Å². The highest BCUT2D eigenvalue weighted by molar-refractivity contribution is 5.93. The van der Waals surface area contributed by atoms with E-state index in [0.29, 0.717) is 17.9 Å². The summed E-state index contributed by atoms with van der Waals surface area (Å²) in [5.74, 6) is 1.18. The largest absolute Gasteiger partial charge is 0.480 e. The first-order valence-corrected chi connectivity index (χ1v) is 7.19. The molecular weight excluding hydrogens is 294 g/mol. The van der Waals surface area contributed by atoms with Gasteiger partial charge in [-0.3, -0.25) is 20.2 Å². The average molecular weight is 307 g/mol. The van der Waals surface area contributed by atoms with E-state index in [9.17, 15) is 4.79 Å². The summed E-state index contributed by atoms with van der Waals surface area (Å²) in [6.45, 7) is 0. The van der Waals surface area contributed by atoms with Crippen molar-refractivity contribution in [3.63, 3.8) is 0 Å². The Morgan fingerprint density at radius 3 is 2.91 bits per heavy atom. The van der Waals surface area contributed by atoms with E-state index in [1.165, 1.54) is 0 Å². The van der Waals surface area contributed by atoms with Crippen LogP contribution < -0.4 is 10.1 Å². The lowest BCUT2D eigenvalue weighted by Gasteiger charge is -2.08. The zero-order valence-corrected chi connectivity index (χ0v) is 12.1. The van der Waals surface area contributed by atoms with Gasteiger partial charge in [-0.15, -0.1) is 5.10 Å². The summed E-state index contributed by atoms with van der Waals surface area (Å²) in [6, 6.07) is 13.1. The smallest absolute Gasteiger partial charge is 0.268 e. The number of benzene rings is 1. The summed E-state index contributed by atoms with van der Waals surface area (Å²) in [6.07, 6.45) is 1.64. The van der Waals surface area contributed by atoms with Crippen LogP contribution in [0.5, 0.6) is 5.75 Å². The Bertz CT molecular complexity index is 821. The number of pyridine rings is 1. The van der Waals surface area contributed by atoms with Gasteiger partial charge in [0.05, 0.1) is 0 Å². The predicted octanol–water partition coefficient (Wildman–Crippen LogP) is 1.81. The number of carbonyl (C=O) groups is 1. The van der Waals surface area contributed by atoms with Crippen molar-refractivity contribution in [1.82, 2.24) is 20.2 Å². The molecule has 7 heteroatoms. The number of aromatic amines is 1. The van der Waals surface area contributed by atoms with Crippen LogP contribution in [-0.4, -0.2) is 32.2 Å². The van der Waals surface area contributed by atoms with E-state index < -0.39 is 6.10 Å². The van der Waals surface area contributed by atoms with Crippen molar-refractivity contribution in [2.24, 2.45) is 0 Å². The van der Waals surface area contributed by atoms with Crippen molar-refractivity contribution in [3.05, 3.63) is 54.2 Å². The third kappa shape index (κ3) is 2.64. The lowest BCUT2D eigenvalue weighted by Crippen LogP contribution is -2.31. The maximum atomic E-state index is 12.3. The zero-order valence-electron chi connectivity index (χ0n) is 12.1. The number of fused-ring (bicyclic) bond motifs is 1. The van der Waals surface area contributed by atoms with Crippen LogP contribution >= 0.6 is 0 Å². The van der Waals surface area contributed by atoms with Gasteiger partial charge in [-0.25, -0.2) is 0 Å². The molecule has 7 nitrogen and oxygen atoms in total. The van der Waals surface area contributed by atoms with Gasteiger partial charge in [0, 0.05) is 12.6 Å². The SMILES string of the molecule is O=C(Nc1n[nH]c(-c2ccccn2)n1)[C@@H]1Cc2ccccc2O1. The molecule has 0 aliphatic carbocycles. The molecule has 4 rings (SSSR count). The molecule has 0 radical (unpaired) electrons. The van der Waals surface area contributed by atoms with Gasteiger partial charge in [-0.2, -0.15) is 4.98 Å². The second kappa shape index (κ2) is 5.53. The Morgan fingerprint density at radius 2 is 2.09 bits per heavy atom. The molecule has 3 heterocycles. The summed E-state index contributed by atoms with van der Waals surface area (Å²) in [4.78, 5) is 20.7. The molecule has 1 amide bonds. The minimum absolute atomic E-state index is 0.204. The van der Waals surface area contributed by atoms with E-state index in [-0.39, 0.29) is 11.9 Å². The van der Waals surface area contributed by atoms with Gasteiger partial charge in [0.15, 0.2) is 11.9 Å². The van der Waals surface area contributed by atoms with Crippen LogP contribution in [0.4, 0.5) is 5.95 Å². The number of nitrogens with one attached hydrogen (secondary N) is 2. The number of carbonyl (C=O) groups excluding carboxylic acids is 1. The van der Waals surface area contributed by atoms with Gasteiger partial charge in [0.2, 0.25) is 5.95 Å². The number of H-pyrrole nitrogens is 1. The molecule has 23 heavy (non-hydrogen) atoms. The molecule has 0 saturated heterocycles. The highest BCUT2D eigenvalue weighted by atomic mass is 16.5. The number of hydrogen-bond acceptors (Lipinski definition) is 5. The van der Waals surface area contributed by atoms with Crippen LogP contribution in [0.1, 0.15) is 5.56 Å². The van der Waals surface area contributed by atoms with Gasteiger partial charge >= 0.3 is 0 Å². The lowest BCUT2D eigenvalue weighted by atomic mass is 10.1. The minimum Gasteiger partial charge on any atom is -0.480 e. The standard InChI is InChI=1S/C16H13N5O2/c22-15(13-9-10-5-1-2-7-12(10)23-13)19-16-18-14(20-21-16)11-6-3-4-8-17-11/h1-8,13H,9H2,(H2,18,19,20,21,22)/t13-/m0/s1. The molecule has 3 aromatic rings. The number of ether oxygens (including phenoxy) is 1. The predicted molar refractivity (Wildman–Crippen MR) is 82.8 cm³/mol. The van der Waals surface area contributed by atoms with Gasteiger partial charge in [0.25, 0.3) is 5.91 Å². The Hall–Kier alpha value is -3.22. The molecule has 2 aromatic heterocycles. The maximum Gasteiger partial charge on any atom is 0.268 e. The number of amides is 1. The van der Waals surface area contributed by atoms with E-state index in [1.807, 2.05) is 42.5 Å². The van der Waals surface area contributed by atoms with Gasteiger partial charge in [-0.05, 0) is 23.8 Å². The van der Waals surface area contributed by atoms with Crippen molar-refractivity contribution in [1.29, 1.82) is 0 Å². The first kappa shape index (κ1) is 13.4. The van der Waals surface area contributed by atoms with Crippen molar-refractivity contribution in [3.8, 4) is 17.3 Å². The molecule has 0 unspecified atom stereocenters. The van der Waals surface area contributed by atoms with Crippen LogP contribution in [0.25, 0.3) is 11.5 Å². The molecule has 1 aliphatic rings. The monoisotopic (exact) mass is 307 g/mol. The number of hydrogen-bond donors (Lipinski definition) is 2. The molecule has 2 N–H and O–H groups in total. The molecule has 1 aromatic carbocycles. The fraction of sp³-hybridized carbons (Fsp3) is 0.125. The minimum atomic E-state index is -0.566. The summed E-state index contributed by atoms with van der Waals surface area (Å²) >= 11 is 0. The molecule has 0 bridgehead atoms. The highest BCUT2D eigenvalue weighted by Gasteiger charge is 2.29. The van der Waals surface area contributed by atoms with Gasteiger partial charge in [-0.1, -0.05) is 24.3 Å². The van der Waals surface area contributed by atoms with Crippen molar-refractivity contribution >= 4 is 11.9 Å². The number of aromatic nitrogens is 4. The van der Waals surface area contributed by atoms with Crippen LogP contribution in [-0.2, 0) is 11.2 Å². The normalized spacial score (nSPS) is 15.7. The molecule has 0 fully saturated rings. The fourth-order valence-electron chi connectivity index (χ4n) is 2.45. The number of anilines is 1. The molecule has 114 valence electrons. The van der Waals surface area contributed by atoms with E-state index in [1.54, 1.807) is 6.20 Å². The Kier molecular flexibility index (Phi) is 3.23. The summed E-state index contributed by atoms with van der Waals surface area (Å²) < 4.78 is 5.64. The second-order valence-electron chi connectivity index (χ2n) is 5.13. The van der Waals surface area contributed by atoms with Gasteiger partial charge < -0.3 is 4.74 Å². The molecular formula is C16H13N5O2. The first-order valence-electron chi connectivity index (χ1n) is 7.19. The zero-order chi connectivity index (χ0) is 15.6. The van der Waals surface area contributed by atoms with Crippen LogP contribution in [0, 0.1) is 0 Å². The third-order valence-corrected chi connectivity index (χ3v) is 3.57. The highest BCUT2D eigenvalue weighted by Crippen LogP contribution is 2.28. The summed E-state index contributed by atoms with van der Waals surface area (Å²) in [5.41, 5.74) is 1.68. The molecule has 1 aliphatic heterocycles. The Labute approximate surface area is 131 Å². The molecule has 0 saturated carbocycles. The number of rotatable bonds is 3. The Morgan fingerprint density at radius 1 is 1.22 bits per heavy atom. The second-order valence-corrected chi connectivity index (χ2v) is 5.13. The van der Waals surface area contributed by atoms with Crippen molar-refractivity contribution < 1.29 is 9.53 Å². The van der Waals surface area contributed by atoms with Crippen LogP contribution in [0.2, 0.25) is 0 Å². The van der Waals surface area contributed by atoms with Crippen LogP contribution in [0.15, 0.2) is 48.7 Å². The van der Waals surface area contributed by atoms with E-state index >= 15 is 0 Å². The first-order chi connectivity index (χ1) is 11.3. The number of para-hydroxylation sites is 1. The molecule has 1 atom stereocenters. The topological polar surface area (TPSA) is 92.8 Å². The summed E-state index contributed by atoms with van der Waals surface area (Å²) in [5, 5.41) is 9.41. The third-order valence-electron chi connectivity index (χ3n) is 3.57. The summed E-state index contributed by atoms with van der Waals surface area (Å²) in [7, 11) is 0. The van der Waals surface area contributed by atoms with Gasteiger partial charge in [0.1, 0.15) is 11.4 Å². The van der Waals surface area contributed by atoms with E-state index in [0.717, 1.165) is 11.3 Å². The van der Waals surface area contributed by atoms with E-state index in [2.05, 4.69) is 25.5 Å². The molecule has 0 spiro atoms. The maximum absolute atomic E-state index is 12.3. The Balaban J connectivity index is 1.45. The average Bonchev–Trinajstić information content (AvgIpc) is 3.22. The lowest BCUT2D eigenvalue weighted by molar-refractivity contribution is -0.122. The number of nitrogens with zero attached hydrogens (tertiary/aromatic N) is 3. The van der Waals surface area contributed by atoms with Crippen molar-refractivity contribution in [2.45, 2.75) is 12.5 Å². The van der Waals surface area contributed by atoms with E-state index in [4.69, 9.17) is 4.74 Å².